The maximum Gasteiger partial charge on any atom is 0.124 e. The minimum absolute atomic E-state index is 0.295. The van der Waals surface area contributed by atoms with Crippen molar-refractivity contribution in [1.82, 2.24) is 4.90 Å². The third-order valence-electron chi connectivity index (χ3n) is 2.91. The van der Waals surface area contributed by atoms with E-state index in [2.05, 4.69) is 25.7 Å². The first-order valence-corrected chi connectivity index (χ1v) is 5.69. The van der Waals surface area contributed by atoms with Crippen molar-refractivity contribution < 1.29 is 4.79 Å². The Bertz CT molecular complexity index is 183. The lowest BCUT2D eigenvalue weighted by Gasteiger charge is -2.32. The molecule has 82 valence electrons. The Labute approximate surface area is 87.7 Å². The van der Waals surface area contributed by atoms with Crippen LogP contribution >= 0.6 is 0 Å². The van der Waals surface area contributed by atoms with E-state index < -0.39 is 0 Å². The van der Waals surface area contributed by atoms with Gasteiger partial charge in [-0.15, -0.1) is 0 Å². The van der Waals surface area contributed by atoms with Gasteiger partial charge in [-0.3, -0.25) is 0 Å². The van der Waals surface area contributed by atoms with Gasteiger partial charge in [0.05, 0.1) is 0 Å². The topological polar surface area (TPSA) is 20.3 Å². The molecule has 1 rings (SSSR count). The van der Waals surface area contributed by atoms with Gasteiger partial charge in [0.15, 0.2) is 0 Å². The van der Waals surface area contributed by atoms with Gasteiger partial charge in [-0.2, -0.15) is 0 Å². The molecule has 0 aromatic rings. The number of likely N-dealkylation sites (tertiary alicyclic amines) is 1. The molecule has 1 unspecified atom stereocenters. The lowest BCUT2D eigenvalue weighted by Crippen LogP contribution is -2.37. The van der Waals surface area contributed by atoms with Crippen LogP contribution in [0.5, 0.6) is 0 Å². The standard InChI is InChI=1S/C12H23NO/c1-12(2,3)6-8-13-7-4-5-11(9-13)10-14/h10-11H,4-9H2,1-3H3. The number of carbonyl (C=O) groups excluding carboxylic acids is 1. The molecule has 2 heteroatoms. The molecule has 1 heterocycles. The maximum atomic E-state index is 10.7. The second-order valence-corrected chi connectivity index (χ2v) is 5.65. The highest BCUT2D eigenvalue weighted by Crippen LogP contribution is 2.21. The number of hydrogen-bond donors (Lipinski definition) is 0. The smallest absolute Gasteiger partial charge is 0.124 e. The molecule has 14 heavy (non-hydrogen) atoms. The van der Waals surface area contributed by atoms with Crippen molar-refractivity contribution in [3.63, 3.8) is 0 Å². The summed E-state index contributed by atoms with van der Waals surface area (Å²) in [5, 5.41) is 0. The zero-order valence-corrected chi connectivity index (χ0v) is 9.75. The van der Waals surface area contributed by atoms with E-state index in [4.69, 9.17) is 0 Å². The fourth-order valence-corrected chi connectivity index (χ4v) is 1.90. The zero-order valence-electron chi connectivity index (χ0n) is 9.75. The summed E-state index contributed by atoms with van der Waals surface area (Å²) in [6.07, 6.45) is 4.63. The first-order valence-electron chi connectivity index (χ1n) is 5.69. The van der Waals surface area contributed by atoms with E-state index in [9.17, 15) is 4.79 Å². The van der Waals surface area contributed by atoms with Gasteiger partial charge in [0.2, 0.25) is 0 Å². The van der Waals surface area contributed by atoms with Crippen LogP contribution in [-0.2, 0) is 4.79 Å². The van der Waals surface area contributed by atoms with Crippen LogP contribution in [0, 0.1) is 11.3 Å². The third-order valence-corrected chi connectivity index (χ3v) is 2.91. The fraction of sp³-hybridized carbons (Fsp3) is 0.917. The molecule has 0 radical (unpaired) electrons. The van der Waals surface area contributed by atoms with E-state index in [1.54, 1.807) is 0 Å². The number of rotatable bonds is 3. The molecular formula is C12H23NO. The van der Waals surface area contributed by atoms with Gasteiger partial charge in [0.25, 0.3) is 0 Å². The second-order valence-electron chi connectivity index (χ2n) is 5.65. The molecule has 2 nitrogen and oxygen atoms in total. The highest BCUT2D eigenvalue weighted by molar-refractivity contribution is 5.53. The zero-order chi connectivity index (χ0) is 10.6. The van der Waals surface area contributed by atoms with E-state index in [-0.39, 0.29) is 0 Å². The number of piperidine rings is 1. The number of hydrogen-bond acceptors (Lipinski definition) is 2. The molecule has 1 aliphatic heterocycles. The minimum atomic E-state index is 0.295. The Kier molecular flexibility index (Phi) is 4.11. The molecule has 0 amide bonds. The van der Waals surface area contributed by atoms with Crippen molar-refractivity contribution in [2.45, 2.75) is 40.0 Å². The van der Waals surface area contributed by atoms with Crippen molar-refractivity contribution in [2.24, 2.45) is 11.3 Å². The quantitative estimate of drug-likeness (QED) is 0.647. The summed E-state index contributed by atoms with van der Waals surface area (Å²) in [6.45, 7) is 10.1. The average Bonchev–Trinajstić information content (AvgIpc) is 2.14. The van der Waals surface area contributed by atoms with Crippen LogP contribution in [0.1, 0.15) is 40.0 Å². The van der Waals surface area contributed by atoms with E-state index in [1.807, 2.05) is 0 Å². The lowest BCUT2D eigenvalue weighted by molar-refractivity contribution is -0.112. The van der Waals surface area contributed by atoms with Crippen LogP contribution in [-0.4, -0.2) is 30.8 Å². The normalized spacial score (nSPS) is 24.9. The Morgan fingerprint density at radius 3 is 2.71 bits per heavy atom. The maximum absolute atomic E-state index is 10.7. The van der Waals surface area contributed by atoms with E-state index >= 15 is 0 Å². The minimum Gasteiger partial charge on any atom is -0.303 e. The van der Waals surface area contributed by atoms with Crippen molar-refractivity contribution in [2.75, 3.05) is 19.6 Å². The monoisotopic (exact) mass is 197 g/mol. The Morgan fingerprint density at radius 1 is 1.43 bits per heavy atom. The summed E-state index contributed by atoms with van der Waals surface area (Å²) in [6, 6.07) is 0. The molecule has 0 saturated carbocycles. The average molecular weight is 197 g/mol. The number of carbonyl (C=O) groups is 1. The summed E-state index contributed by atoms with van der Waals surface area (Å²) < 4.78 is 0. The SMILES string of the molecule is CC(C)(C)CCN1CCCC(C=O)C1. The van der Waals surface area contributed by atoms with Crippen LogP contribution < -0.4 is 0 Å². The highest BCUT2D eigenvalue weighted by atomic mass is 16.1. The van der Waals surface area contributed by atoms with Gasteiger partial charge in [-0.1, -0.05) is 20.8 Å². The summed E-state index contributed by atoms with van der Waals surface area (Å²) in [5.41, 5.74) is 0.411. The van der Waals surface area contributed by atoms with Crippen LogP contribution in [0.4, 0.5) is 0 Å². The van der Waals surface area contributed by atoms with Crippen molar-refractivity contribution >= 4 is 6.29 Å². The van der Waals surface area contributed by atoms with Gasteiger partial charge < -0.3 is 9.69 Å². The van der Waals surface area contributed by atoms with Crippen molar-refractivity contribution in [3.8, 4) is 0 Å². The molecule has 1 atom stereocenters. The molecular weight excluding hydrogens is 174 g/mol. The van der Waals surface area contributed by atoms with Gasteiger partial charge in [0.1, 0.15) is 6.29 Å². The third kappa shape index (κ3) is 4.23. The summed E-state index contributed by atoms with van der Waals surface area (Å²) in [5.74, 6) is 0.295. The largest absolute Gasteiger partial charge is 0.303 e. The van der Waals surface area contributed by atoms with Crippen molar-refractivity contribution in [1.29, 1.82) is 0 Å². The molecule has 1 saturated heterocycles. The molecule has 0 spiro atoms. The predicted octanol–water partition coefficient (Wildman–Crippen LogP) is 2.33. The van der Waals surface area contributed by atoms with Gasteiger partial charge in [0, 0.05) is 12.5 Å². The Morgan fingerprint density at radius 2 is 2.14 bits per heavy atom. The predicted molar refractivity (Wildman–Crippen MR) is 59.3 cm³/mol. The first-order chi connectivity index (χ1) is 6.51. The number of nitrogens with zero attached hydrogens (tertiary/aromatic N) is 1. The fourth-order valence-electron chi connectivity index (χ4n) is 1.90. The van der Waals surface area contributed by atoms with E-state index in [0.29, 0.717) is 11.3 Å². The van der Waals surface area contributed by atoms with Crippen LogP contribution in [0.3, 0.4) is 0 Å². The summed E-state index contributed by atoms with van der Waals surface area (Å²) in [4.78, 5) is 13.1. The summed E-state index contributed by atoms with van der Waals surface area (Å²) in [7, 11) is 0. The second kappa shape index (κ2) is 4.92. The van der Waals surface area contributed by atoms with Crippen molar-refractivity contribution in [3.05, 3.63) is 0 Å². The molecule has 0 aromatic heterocycles. The van der Waals surface area contributed by atoms with Gasteiger partial charge >= 0.3 is 0 Å². The molecule has 0 bridgehead atoms. The molecule has 1 aliphatic rings. The summed E-state index contributed by atoms with van der Waals surface area (Å²) >= 11 is 0. The van der Waals surface area contributed by atoms with E-state index in [1.165, 1.54) is 19.4 Å². The number of aldehydes is 1. The first kappa shape index (κ1) is 11.7. The van der Waals surface area contributed by atoms with Gasteiger partial charge in [-0.25, -0.2) is 0 Å². The van der Waals surface area contributed by atoms with Crippen LogP contribution in [0.2, 0.25) is 0 Å². The van der Waals surface area contributed by atoms with E-state index in [0.717, 1.165) is 25.8 Å². The highest BCUT2D eigenvalue weighted by Gasteiger charge is 2.20. The molecule has 0 N–H and O–H groups in total. The Balaban J connectivity index is 2.27. The lowest BCUT2D eigenvalue weighted by atomic mass is 9.91. The van der Waals surface area contributed by atoms with Crippen LogP contribution in [0.15, 0.2) is 0 Å². The molecule has 0 aliphatic carbocycles. The van der Waals surface area contributed by atoms with Crippen LogP contribution in [0.25, 0.3) is 0 Å². The molecule has 1 fully saturated rings. The molecule has 0 aromatic carbocycles. The van der Waals surface area contributed by atoms with Gasteiger partial charge in [-0.05, 0) is 37.8 Å². The Hall–Kier alpha value is -0.370.